The summed E-state index contributed by atoms with van der Waals surface area (Å²) in [7, 11) is 1.19. The van der Waals surface area contributed by atoms with Gasteiger partial charge in [-0.3, -0.25) is 0 Å². The van der Waals surface area contributed by atoms with Crippen molar-refractivity contribution in [3.05, 3.63) is 58.7 Å². The number of urea groups is 1. The first kappa shape index (κ1) is 23.4. The molecule has 2 amide bonds. The van der Waals surface area contributed by atoms with E-state index in [0.717, 1.165) is 30.4 Å². The second-order valence-electron chi connectivity index (χ2n) is 9.06. The Kier molecular flexibility index (Phi) is 6.05. The molecule has 4 rings (SSSR count). The van der Waals surface area contributed by atoms with Crippen LogP contribution in [-0.4, -0.2) is 35.6 Å². The average molecular weight is 464 g/mol. The zero-order chi connectivity index (χ0) is 24.0. The van der Waals surface area contributed by atoms with E-state index in [-0.39, 0.29) is 16.9 Å². The molecule has 0 aliphatic heterocycles. The molecular weight excluding hydrogens is 437 g/mol. The summed E-state index contributed by atoms with van der Waals surface area (Å²) in [4.78, 5) is 12.8. The van der Waals surface area contributed by atoms with Crippen LogP contribution in [0.1, 0.15) is 60.6 Å². The lowest BCUT2D eigenvalue weighted by molar-refractivity contribution is -0.207. The number of rotatable bonds is 5. The standard InChI is InChI=1S/C24H27F3N2O4/c1-23(8-5-9-23)14-11-16(21(31)24(25,26)27)20(33-2)18(12-14)29-22(32)28-17-10-13-6-3-4-7-15(13)19(17)30/h3-4,6-7,11-12,17,19,21,30-31H,5,8-10H2,1-2H3,(H2,28,29,32)/t17-,19+,21?/m1/s1. The van der Waals surface area contributed by atoms with Crippen LogP contribution in [0, 0.1) is 0 Å². The zero-order valence-electron chi connectivity index (χ0n) is 18.4. The van der Waals surface area contributed by atoms with Gasteiger partial charge in [0.05, 0.1) is 24.9 Å². The maximum atomic E-state index is 13.4. The smallest absolute Gasteiger partial charge is 0.418 e. The van der Waals surface area contributed by atoms with E-state index in [9.17, 15) is 28.2 Å². The highest BCUT2D eigenvalue weighted by atomic mass is 19.4. The Balaban J connectivity index is 1.62. The van der Waals surface area contributed by atoms with E-state index in [0.29, 0.717) is 12.0 Å². The number of fused-ring (bicyclic) bond motifs is 1. The maximum absolute atomic E-state index is 13.4. The van der Waals surface area contributed by atoms with Crippen molar-refractivity contribution >= 4 is 11.7 Å². The molecule has 0 saturated heterocycles. The number of benzene rings is 2. The van der Waals surface area contributed by atoms with Gasteiger partial charge in [0, 0.05) is 5.56 Å². The van der Waals surface area contributed by atoms with Gasteiger partial charge >= 0.3 is 12.2 Å². The highest BCUT2D eigenvalue weighted by Gasteiger charge is 2.43. The molecular formula is C24H27F3N2O4. The topological polar surface area (TPSA) is 90.8 Å². The molecule has 178 valence electrons. The summed E-state index contributed by atoms with van der Waals surface area (Å²) < 4.78 is 45.3. The summed E-state index contributed by atoms with van der Waals surface area (Å²) in [6, 6.07) is 8.95. The number of halogens is 3. The Morgan fingerprint density at radius 2 is 1.94 bits per heavy atom. The molecule has 9 heteroatoms. The first-order valence-electron chi connectivity index (χ1n) is 10.8. The van der Waals surface area contributed by atoms with Crippen molar-refractivity contribution in [2.45, 2.75) is 62.4 Å². The second-order valence-corrected chi connectivity index (χ2v) is 9.06. The van der Waals surface area contributed by atoms with Crippen LogP contribution in [-0.2, 0) is 11.8 Å². The summed E-state index contributed by atoms with van der Waals surface area (Å²) in [6.07, 6.45) is -5.59. The molecule has 0 radical (unpaired) electrons. The van der Waals surface area contributed by atoms with Crippen molar-refractivity contribution in [1.82, 2.24) is 5.32 Å². The third-order valence-electron chi connectivity index (χ3n) is 6.84. The number of hydrogen-bond donors (Lipinski definition) is 4. The summed E-state index contributed by atoms with van der Waals surface area (Å²) in [5.74, 6) is -0.253. The summed E-state index contributed by atoms with van der Waals surface area (Å²) in [6.45, 7) is 1.94. The number of carbonyl (C=O) groups excluding carboxylic acids is 1. The van der Waals surface area contributed by atoms with Crippen molar-refractivity contribution < 1.29 is 32.9 Å². The molecule has 2 aromatic carbocycles. The van der Waals surface area contributed by atoms with E-state index < -0.39 is 36.0 Å². The fraction of sp³-hybridized carbons (Fsp3) is 0.458. The Labute approximate surface area is 189 Å². The van der Waals surface area contributed by atoms with Crippen molar-refractivity contribution in [3.63, 3.8) is 0 Å². The predicted molar refractivity (Wildman–Crippen MR) is 116 cm³/mol. The van der Waals surface area contributed by atoms with Gasteiger partial charge in [-0.2, -0.15) is 13.2 Å². The zero-order valence-corrected chi connectivity index (χ0v) is 18.4. The fourth-order valence-corrected chi connectivity index (χ4v) is 4.73. The number of hydrogen-bond acceptors (Lipinski definition) is 4. The van der Waals surface area contributed by atoms with Crippen LogP contribution in [0.4, 0.5) is 23.7 Å². The minimum atomic E-state index is -4.90. The lowest BCUT2D eigenvalue weighted by Crippen LogP contribution is -2.40. The Morgan fingerprint density at radius 3 is 2.52 bits per heavy atom. The highest BCUT2D eigenvalue weighted by Crippen LogP contribution is 2.48. The molecule has 33 heavy (non-hydrogen) atoms. The molecule has 2 aromatic rings. The number of alkyl halides is 3. The SMILES string of the molecule is COc1c(NC(=O)N[C@@H]2Cc3ccccc3[C@@H]2O)cc(C2(C)CCC2)cc1C(O)C(F)(F)F. The normalized spacial score (nSPS) is 22.2. The molecule has 6 nitrogen and oxygen atoms in total. The summed E-state index contributed by atoms with van der Waals surface area (Å²) in [5, 5.41) is 25.8. The van der Waals surface area contributed by atoms with Crippen LogP contribution >= 0.6 is 0 Å². The number of anilines is 1. The number of carbonyl (C=O) groups is 1. The minimum Gasteiger partial charge on any atom is -0.494 e. The van der Waals surface area contributed by atoms with Gasteiger partial charge in [0.25, 0.3) is 0 Å². The third kappa shape index (κ3) is 4.39. The van der Waals surface area contributed by atoms with Gasteiger partial charge in [0.2, 0.25) is 0 Å². The van der Waals surface area contributed by atoms with E-state index in [2.05, 4.69) is 10.6 Å². The van der Waals surface area contributed by atoms with E-state index in [1.807, 2.05) is 19.1 Å². The van der Waals surface area contributed by atoms with Gasteiger partial charge in [0.15, 0.2) is 6.10 Å². The number of methoxy groups -OCH3 is 1. The number of aliphatic hydroxyl groups is 2. The van der Waals surface area contributed by atoms with Gasteiger partial charge in [-0.05, 0) is 53.5 Å². The molecule has 2 aliphatic carbocycles. The molecule has 3 atom stereocenters. The lowest BCUT2D eigenvalue weighted by Gasteiger charge is -2.40. The van der Waals surface area contributed by atoms with Crippen molar-refractivity contribution in [2.24, 2.45) is 0 Å². The van der Waals surface area contributed by atoms with Crippen molar-refractivity contribution in [3.8, 4) is 5.75 Å². The van der Waals surface area contributed by atoms with Gasteiger partial charge in [-0.1, -0.05) is 37.6 Å². The van der Waals surface area contributed by atoms with E-state index in [4.69, 9.17) is 4.74 Å². The first-order chi connectivity index (χ1) is 15.5. The summed E-state index contributed by atoms with van der Waals surface area (Å²) >= 11 is 0. The van der Waals surface area contributed by atoms with Gasteiger partial charge in [0.1, 0.15) is 5.75 Å². The molecule has 0 bridgehead atoms. The molecule has 0 spiro atoms. The Hall–Kier alpha value is -2.78. The van der Waals surface area contributed by atoms with Crippen LogP contribution in [0.5, 0.6) is 5.75 Å². The number of aliphatic hydroxyl groups excluding tert-OH is 2. The Bertz CT molecular complexity index is 1050. The molecule has 1 fully saturated rings. The predicted octanol–water partition coefficient (Wildman–Crippen LogP) is 4.51. The van der Waals surface area contributed by atoms with Crippen LogP contribution in [0.3, 0.4) is 0 Å². The molecule has 0 heterocycles. The molecule has 2 aliphatic rings. The van der Waals surface area contributed by atoms with Crippen molar-refractivity contribution in [2.75, 3.05) is 12.4 Å². The van der Waals surface area contributed by atoms with E-state index in [1.54, 1.807) is 18.2 Å². The quantitative estimate of drug-likeness (QED) is 0.524. The van der Waals surface area contributed by atoms with Crippen LogP contribution < -0.4 is 15.4 Å². The van der Waals surface area contributed by atoms with Crippen molar-refractivity contribution in [1.29, 1.82) is 0 Å². The third-order valence-corrected chi connectivity index (χ3v) is 6.84. The minimum absolute atomic E-state index is 0.0314. The number of amides is 2. The maximum Gasteiger partial charge on any atom is 0.418 e. The second kappa shape index (κ2) is 8.53. The van der Waals surface area contributed by atoms with Gasteiger partial charge in [-0.25, -0.2) is 4.79 Å². The monoisotopic (exact) mass is 464 g/mol. The molecule has 1 saturated carbocycles. The molecule has 4 N–H and O–H groups in total. The number of ether oxygens (including phenoxy) is 1. The van der Waals surface area contributed by atoms with Crippen LogP contribution in [0.2, 0.25) is 0 Å². The van der Waals surface area contributed by atoms with Gasteiger partial charge in [-0.15, -0.1) is 0 Å². The van der Waals surface area contributed by atoms with Crippen LogP contribution in [0.25, 0.3) is 0 Å². The number of nitrogens with one attached hydrogen (secondary N) is 2. The lowest BCUT2D eigenvalue weighted by atomic mass is 9.65. The van der Waals surface area contributed by atoms with Crippen LogP contribution in [0.15, 0.2) is 36.4 Å². The summed E-state index contributed by atoms with van der Waals surface area (Å²) in [5.41, 5.74) is 1.49. The van der Waals surface area contributed by atoms with E-state index >= 15 is 0 Å². The largest absolute Gasteiger partial charge is 0.494 e. The first-order valence-corrected chi connectivity index (χ1v) is 10.8. The Morgan fingerprint density at radius 1 is 1.24 bits per heavy atom. The average Bonchev–Trinajstić information content (AvgIpc) is 3.05. The molecule has 0 aromatic heterocycles. The van der Waals surface area contributed by atoms with E-state index in [1.165, 1.54) is 13.2 Å². The highest BCUT2D eigenvalue weighted by molar-refractivity contribution is 5.92. The molecule has 1 unspecified atom stereocenters. The fourth-order valence-electron chi connectivity index (χ4n) is 4.73. The van der Waals surface area contributed by atoms with Gasteiger partial charge < -0.3 is 25.6 Å².